The van der Waals surface area contributed by atoms with Gasteiger partial charge in [-0.2, -0.15) is 0 Å². The van der Waals surface area contributed by atoms with E-state index in [0.29, 0.717) is 0 Å². The quantitative estimate of drug-likeness (QED) is 0.692. The molecular formula is C13H8F2N2O3. The predicted octanol–water partition coefficient (Wildman–Crippen LogP) is 3.13. The van der Waals surface area contributed by atoms with E-state index in [0.717, 1.165) is 30.3 Å². The fraction of sp³-hybridized carbons (Fsp3) is 0. The number of hydrogen-bond donors (Lipinski definition) is 1. The average Bonchev–Trinajstić information content (AvgIpc) is 2.41. The zero-order chi connectivity index (χ0) is 14.7. The van der Waals surface area contributed by atoms with Crippen LogP contribution in [0.5, 0.6) is 0 Å². The van der Waals surface area contributed by atoms with E-state index in [1.54, 1.807) is 0 Å². The number of halogens is 2. The van der Waals surface area contributed by atoms with Gasteiger partial charge in [-0.05, 0) is 30.3 Å². The van der Waals surface area contributed by atoms with Crippen LogP contribution in [0.4, 0.5) is 20.2 Å². The van der Waals surface area contributed by atoms with Gasteiger partial charge in [0, 0.05) is 17.8 Å². The molecule has 2 aromatic rings. The van der Waals surface area contributed by atoms with E-state index in [9.17, 15) is 23.7 Å². The van der Waals surface area contributed by atoms with Crippen molar-refractivity contribution in [2.75, 3.05) is 5.32 Å². The highest BCUT2D eigenvalue weighted by Gasteiger charge is 2.17. The summed E-state index contributed by atoms with van der Waals surface area (Å²) in [6.07, 6.45) is 0. The SMILES string of the molecule is O=C(Nc1ccc(F)cc1)c1cc([N+](=O)[O-])ccc1F. The first-order valence-electron chi connectivity index (χ1n) is 5.48. The van der Waals surface area contributed by atoms with E-state index >= 15 is 0 Å². The standard InChI is InChI=1S/C13H8F2N2O3/c14-8-1-3-9(4-2-8)16-13(18)11-7-10(17(19)20)5-6-12(11)15/h1-7H,(H,16,18). The highest BCUT2D eigenvalue weighted by molar-refractivity contribution is 6.04. The number of amides is 1. The Labute approximate surface area is 112 Å². The number of anilines is 1. The maximum absolute atomic E-state index is 13.5. The van der Waals surface area contributed by atoms with Crippen LogP contribution in [0, 0.1) is 21.7 Å². The molecule has 0 atom stereocenters. The third-order valence-electron chi connectivity index (χ3n) is 2.51. The Morgan fingerprint density at radius 1 is 1.10 bits per heavy atom. The van der Waals surface area contributed by atoms with E-state index in [1.165, 1.54) is 12.1 Å². The first kappa shape index (κ1) is 13.6. The zero-order valence-corrected chi connectivity index (χ0v) is 9.97. The molecule has 0 heterocycles. The van der Waals surface area contributed by atoms with E-state index in [2.05, 4.69) is 5.32 Å². The van der Waals surface area contributed by atoms with Crippen molar-refractivity contribution in [3.8, 4) is 0 Å². The van der Waals surface area contributed by atoms with E-state index in [4.69, 9.17) is 0 Å². The minimum Gasteiger partial charge on any atom is -0.322 e. The van der Waals surface area contributed by atoms with Crippen LogP contribution in [0.25, 0.3) is 0 Å². The topological polar surface area (TPSA) is 72.2 Å². The molecule has 20 heavy (non-hydrogen) atoms. The summed E-state index contributed by atoms with van der Waals surface area (Å²) in [7, 11) is 0. The van der Waals surface area contributed by atoms with Crippen LogP contribution in [0.3, 0.4) is 0 Å². The Bertz CT molecular complexity index is 672. The first-order chi connectivity index (χ1) is 9.47. The van der Waals surface area contributed by atoms with Gasteiger partial charge in [0.15, 0.2) is 0 Å². The number of rotatable bonds is 3. The predicted molar refractivity (Wildman–Crippen MR) is 67.4 cm³/mol. The summed E-state index contributed by atoms with van der Waals surface area (Å²) >= 11 is 0. The van der Waals surface area contributed by atoms with Crippen molar-refractivity contribution in [2.45, 2.75) is 0 Å². The van der Waals surface area contributed by atoms with Gasteiger partial charge in [-0.15, -0.1) is 0 Å². The summed E-state index contributed by atoms with van der Waals surface area (Å²) in [5.41, 5.74) is -0.596. The summed E-state index contributed by atoms with van der Waals surface area (Å²) in [4.78, 5) is 21.7. The Morgan fingerprint density at radius 2 is 1.75 bits per heavy atom. The summed E-state index contributed by atoms with van der Waals surface area (Å²) in [6.45, 7) is 0. The molecule has 5 nitrogen and oxygen atoms in total. The summed E-state index contributed by atoms with van der Waals surface area (Å²) in [5.74, 6) is -2.21. The van der Waals surface area contributed by atoms with Crippen molar-refractivity contribution < 1.29 is 18.5 Å². The molecule has 0 aliphatic carbocycles. The number of nitrogens with zero attached hydrogens (tertiary/aromatic N) is 1. The molecule has 1 N–H and O–H groups in total. The second-order valence-corrected chi connectivity index (χ2v) is 3.88. The van der Waals surface area contributed by atoms with Crippen LogP contribution in [-0.2, 0) is 0 Å². The van der Waals surface area contributed by atoms with Crippen molar-refractivity contribution in [3.63, 3.8) is 0 Å². The van der Waals surface area contributed by atoms with Gasteiger partial charge >= 0.3 is 0 Å². The van der Waals surface area contributed by atoms with Gasteiger partial charge in [0.25, 0.3) is 11.6 Å². The van der Waals surface area contributed by atoms with Crippen LogP contribution >= 0.6 is 0 Å². The molecule has 1 amide bonds. The Kier molecular flexibility index (Phi) is 3.69. The minimum absolute atomic E-state index is 0.252. The smallest absolute Gasteiger partial charge is 0.270 e. The van der Waals surface area contributed by atoms with Crippen molar-refractivity contribution in [1.29, 1.82) is 0 Å². The molecule has 102 valence electrons. The Morgan fingerprint density at radius 3 is 2.35 bits per heavy atom. The highest BCUT2D eigenvalue weighted by Crippen LogP contribution is 2.18. The van der Waals surface area contributed by atoms with Gasteiger partial charge in [0.05, 0.1) is 10.5 Å². The highest BCUT2D eigenvalue weighted by atomic mass is 19.1. The van der Waals surface area contributed by atoms with Gasteiger partial charge in [0.2, 0.25) is 0 Å². The maximum atomic E-state index is 13.5. The van der Waals surface area contributed by atoms with Crippen LogP contribution in [0.1, 0.15) is 10.4 Å². The second kappa shape index (κ2) is 5.43. The van der Waals surface area contributed by atoms with Gasteiger partial charge in [-0.25, -0.2) is 8.78 Å². The van der Waals surface area contributed by atoms with Gasteiger partial charge in [-0.1, -0.05) is 0 Å². The van der Waals surface area contributed by atoms with Crippen LogP contribution in [0.2, 0.25) is 0 Å². The lowest BCUT2D eigenvalue weighted by atomic mass is 10.1. The molecule has 2 aromatic carbocycles. The van der Waals surface area contributed by atoms with Crippen molar-refractivity contribution in [1.82, 2.24) is 0 Å². The number of carbonyl (C=O) groups excluding carboxylic acids is 1. The van der Waals surface area contributed by atoms with Crippen molar-refractivity contribution in [2.24, 2.45) is 0 Å². The zero-order valence-electron chi connectivity index (χ0n) is 9.97. The average molecular weight is 278 g/mol. The third kappa shape index (κ3) is 2.94. The number of non-ortho nitro benzene ring substituents is 1. The molecular weight excluding hydrogens is 270 g/mol. The van der Waals surface area contributed by atoms with Gasteiger partial charge < -0.3 is 5.32 Å². The molecule has 0 saturated heterocycles. The molecule has 0 spiro atoms. The van der Waals surface area contributed by atoms with E-state index < -0.39 is 33.7 Å². The lowest BCUT2D eigenvalue weighted by Crippen LogP contribution is -2.14. The number of benzene rings is 2. The molecule has 0 aliphatic heterocycles. The third-order valence-corrected chi connectivity index (χ3v) is 2.51. The number of carbonyl (C=O) groups is 1. The molecule has 2 rings (SSSR count). The minimum atomic E-state index is -0.879. The lowest BCUT2D eigenvalue weighted by Gasteiger charge is -2.06. The Hall–Kier alpha value is -2.83. The molecule has 0 aromatic heterocycles. The monoisotopic (exact) mass is 278 g/mol. The number of nitro groups is 1. The molecule has 0 radical (unpaired) electrons. The van der Waals surface area contributed by atoms with E-state index in [-0.39, 0.29) is 5.69 Å². The van der Waals surface area contributed by atoms with Crippen LogP contribution in [0.15, 0.2) is 42.5 Å². The fourth-order valence-electron chi connectivity index (χ4n) is 1.53. The summed E-state index contributed by atoms with van der Waals surface area (Å²) in [6, 6.07) is 7.49. The van der Waals surface area contributed by atoms with Crippen LogP contribution in [-0.4, -0.2) is 10.8 Å². The number of nitro benzene ring substituents is 1. The fourth-order valence-corrected chi connectivity index (χ4v) is 1.53. The first-order valence-corrected chi connectivity index (χ1v) is 5.48. The maximum Gasteiger partial charge on any atom is 0.270 e. The molecule has 0 fully saturated rings. The molecule has 7 heteroatoms. The lowest BCUT2D eigenvalue weighted by molar-refractivity contribution is -0.384. The Balaban J connectivity index is 2.26. The summed E-state index contributed by atoms with van der Waals surface area (Å²) in [5, 5.41) is 12.9. The normalized spacial score (nSPS) is 10.1. The van der Waals surface area contributed by atoms with Crippen molar-refractivity contribution >= 4 is 17.3 Å². The van der Waals surface area contributed by atoms with Gasteiger partial charge in [-0.3, -0.25) is 14.9 Å². The molecule has 0 aliphatic rings. The molecule has 0 bridgehead atoms. The van der Waals surface area contributed by atoms with Gasteiger partial charge in [0.1, 0.15) is 11.6 Å². The molecule has 0 unspecified atom stereocenters. The van der Waals surface area contributed by atoms with Crippen LogP contribution < -0.4 is 5.32 Å². The van der Waals surface area contributed by atoms with E-state index in [1.807, 2.05) is 0 Å². The van der Waals surface area contributed by atoms with Crippen molar-refractivity contribution in [3.05, 3.63) is 69.8 Å². The molecule has 0 saturated carbocycles. The largest absolute Gasteiger partial charge is 0.322 e. The number of nitrogens with one attached hydrogen (secondary N) is 1. The second-order valence-electron chi connectivity index (χ2n) is 3.88. The number of hydrogen-bond acceptors (Lipinski definition) is 3. The summed E-state index contributed by atoms with van der Waals surface area (Å²) < 4.78 is 26.2.